The molecule has 2 amide bonds. The van der Waals surface area contributed by atoms with E-state index in [-0.39, 0.29) is 17.5 Å². The molecule has 144 valence electrons. The number of rotatable bonds is 5. The number of carbonyl (C=O) groups is 2. The Balaban J connectivity index is 1.75. The van der Waals surface area contributed by atoms with Crippen molar-refractivity contribution in [3.05, 3.63) is 71.5 Å². The summed E-state index contributed by atoms with van der Waals surface area (Å²) >= 11 is 0. The number of aromatic nitrogens is 2. The third-order valence-electron chi connectivity index (χ3n) is 3.80. The standard InChI is InChI=1S/C21H18N6O2/c1-13-10-19(20(29)25-17-8-6-16(7-9-17)24-14(2)28)27-21(23-13)26-18-5-3-4-15(11-18)12-22/h3-11H,1-2H3,(H,24,28)(H,25,29)(H,23,26,27). The van der Waals surface area contributed by atoms with Crippen molar-refractivity contribution >= 4 is 34.8 Å². The second kappa shape index (κ2) is 8.63. The van der Waals surface area contributed by atoms with E-state index in [1.807, 2.05) is 0 Å². The Hall–Kier alpha value is -4.25. The first kappa shape index (κ1) is 19.5. The van der Waals surface area contributed by atoms with Crippen molar-refractivity contribution in [1.82, 2.24) is 9.97 Å². The second-order valence-corrected chi connectivity index (χ2v) is 6.25. The van der Waals surface area contributed by atoms with Gasteiger partial charge in [0.15, 0.2) is 0 Å². The molecule has 0 aliphatic heterocycles. The lowest BCUT2D eigenvalue weighted by atomic mass is 10.2. The molecule has 29 heavy (non-hydrogen) atoms. The first-order chi connectivity index (χ1) is 13.9. The highest BCUT2D eigenvalue weighted by Gasteiger charge is 2.12. The summed E-state index contributed by atoms with van der Waals surface area (Å²) in [6.07, 6.45) is 0. The van der Waals surface area contributed by atoms with Crippen molar-refractivity contribution in [1.29, 1.82) is 5.26 Å². The molecular formula is C21H18N6O2. The van der Waals surface area contributed by atoms with Crippen LogP contribution >= 0.6 is 0 Å². The van der Waals surface area contributed by atoms with Crippen LogP contribution in [0.3, 0.4) is 0 Å². The molecule has 0 saturated carbocycles. The number of aryl methyl sites for hydroxylation is 1. The quantitative estimate of drug-likeness (QED) is 0.616. The normalized spacial score (nSPS) is 9.97. The van der Waals surface area contributed by atoms with Gasteiger partial charge in [0.25, 0.3) is 5.91 Å². The Labute approximate surface area is 167 Å². The summed E-state index contributed by atoms with van der Waals surface area (Å²) in [7, 11) is 0. The number of benzene rings is 2. The van der Waals surface area contributed by atoms with Crippen molar-refractivity contribution in [2.45, 2.75) is 13.8 Å². The smallest absolute Gasteiger partial charge is 0.274 e. The lowest BCUT2D eigenvalue weighted by molar-refractivity contribution is -0.114. The lowest BCUT2D eigenvalue weighted by Crippen LogP contribution is -2.15. The number of nitrogens with one attached hydrogen (secondary N) is 3. The van der Waals surface area contributed by atoms with Gasteiger partial charge >= 0.3 is 0 Å². The predicted molar refractivity (Wildman–Crippen MR) is 110 cm³/mol. The number of nitrogens with zero attached hydrogens (tertiary/aromatic N) is 3. The number of nitriles is 1. The fourth-order valence-corrected chi connectivity index (χ4v) is 2.57. The maximum absolute atomic E-state index is 12.6. The van der Waals surface area contributed by atoms with Crippen molar-refractivity contribution < 1.29 is 9.59 Å². The molecule has 0 fully saturated rings. The highest BCUT2D eigenvalue weighted by Crippen LogP contribution is 2.17. The van der Waals surface area contributed by atoms with Crippen LogP contribution in [0.5, 0.6) is 0 Å². The lowest BCUT2D eigenvalue weighted by Gasteiger charge is -2.10. The zero-order chi connectivity index (χ0) is 20.8. The molecule has 3 N–H and O–H groups in total. The number of carbonyl (C=O) groups excluding carboxylic acids is 2. The molecule has 0 unspecified atom stereocenters. The van der Waals surface area contributed by atoms with Gasteiger partial charge in [0.05, 0.1) is 11.6 Å². The van der Waals surface area contributed by atoms with Gasteiger partial charge in [0.1, 0.15) is 5.69 Å². The molecule has 8 nitrogen and oxygen atoms in total. The van der Waals surface area contributed by atoms with Crippen LogP contribution in [0.15, 0.2) is 54.6 Å². The fourth-order valence-electron chi connectivity index (χ4n) is 2.57. The highest BCUT2D eigenvalue weighted by atomic mass is 16.2. The minimum atomic E-state index is -0.392. The van der Waals surface area contributed by atoms with Crippen molar-refractivity contribution in [2.75, 3.05) is 16.0 Å². The van der Waals surface area contributed by atoms with Crippen LogP contribution in [0.4, 0.5) is 23.0 Å². The number of hydrogen-bond acceptors (Lipinski definition) is 6. The summed E-state index contributed by atoms with van der Waals surface area (Å²) in [5.74, 6) is -0.304. The van der Waals surface area contributed by atoms with E-state index < -0.39 is 5.91 Å². The molecular weight excluding hydrogens is 368 g/mol. The molecule has 2 aromatic carbocycles. The van der Waals surface area contributed by atoms with Crippen molar-refractivity contribution in [3.63, 3.8) is 0 Å². The zero-order valence-electron chi connectivity index (χ0n) is 15.9. The van der Waals surface area contributed by atoms with Gasteiger partial charge in [0.2, 0.25) is 11.9 Å². The summed E-state index contributed by atoms with van der Waals surface area (Å²) in [6.45, 7) is 3.19. The fraction of sp³-hybridized carbons (Fsp3) is 0.0952. The number of amides is 2. The van der Waals surface area contributed by atoms with Crippen LogP contribution in [-0.2, 0) is 4.79 Å². The van der Waals surface area contributed by atoms with Gasteiger partial charge in [-0.2, -0.15) is 5.26 Å². The zero-order valence-corrected chi connectivity index (χ0v) is 15.9. The number of anilines is 4. The molecule has 1 aromatic heterocycles. The topological polar surface area (TPSA) is 120 Å². The monoisotopic (exact) mass is 386 g/mol. The summed E-state index contributed by atoms with van der Waals surface area (Å²) in [5, 5.41) is 17.4. The minimum Gasteiger partial charge on any atom is -0.326 e. The van der Waals surface area contributed by atoms with Gasteiger partial charge < -0.3 is 16.0 Å². The van der Waals surface area contributed by atoms with Gasteiger partial charge in [-0.3, -0.25) is 9.59 Å². The van der Waals surface area contributed by atoms with E-state index in [0.29, 0.717) is 28.3 Å². The van der Waals surface area contributed by atoms with Crippen LogP contribution in [0.2, 0.25) is 0 Å². The molecule has 0 bridgehead atoms. The molecule has 3 rings (SSSR count). The Morgan fingerprint density at radius 1 is 0.931 bits per heavy atom. The molecule has 8 heteroatoms. The third-order valence-corrected chi connectivity index (χ3v) is 3.80. The molecule has 0 aliphatic carbocycles. The third kappa shape index (κ3) is 5.37. The van der Waals surface area contributed by atoms with Crippen LogP contribution in [-0.4, -0.2) is 21.8 Å². The van der Waals surface area contributed by atoms with Gasteiger partial charge in [-0.25, -0.2) is 9.97 Å². The molecule has 0 radical (unpaired) electrons. The second-order valence-electron chi connectivity index (χ2n) is 6.25. The van der Waals surface area contributed by atoms with Gasteiger partial charge in [-0.05, 0) is 55.5 Å². The van der Waals surface area contributed by atoms with Gasteiger partial charge in [-0.15, -0.1) is 0 Å². The van der Waals surface area contributed by atoms with Gasteiger partial charge in [0, 0.05) is 29.7 Å². The summed E-state index contributed by atoms with van der Waals surface area (Å²) in [5.41, 5.74) is 3.17. The van der Waals surface area contributed by atoms with E-state index in [9.17, 15) is 9.59 Å². The Morgan fingerprint density at radius 3 is 2.28 bits per heavy atom. The maximum Gasteiger partial charge on any atom is 0.274 e. The molecule has 1 heterocycles. The predicted octanol–water partition coefficient (Wildman–Crippen LogP) is 3.61. The van der Waals surface area contributed by atoms with Gasteiger partial charge in [-0.1, -0.05) is 6.07 Å². The van der Waals surface area contributed by atoms with E-state index in [1.54, 1.807) is 61.5 Å². The molecule has 3 aromatic rings. The maximum atomic E-state index is 12.6. The van der Waals surface area contributed by atoms with Crippen LogP contribution in [0, 0.1) is 18.3 Å². The van der Waals surface area contributed by atoms with E-state index in [4.69, 9.17) is 5.26 Å². The summed E-state index contributed by atoms with van der Waals surface area (Å²) in [4.78, 5) is 32.2. The highest BCUT2D eigenvalue weighted by molar-refractivity contribution is 6.03. The first-order valence-electron chi connectivity index (χ1n) is 8.75. The molecule has 0 saturated heterocycles. The van der Waals surface area contributed by atoms with E-state index >= 15 is 0 Å². The van der Waals surface area contributed by atoms with E-state index in [1.165, 1.54) is 6.92 Å². The Bertz CT molecular complexity index is 1100. The van der Waals surface area contributed by atoms with Crippen molar-refractivity contribution in [3.8, 4) is 6.07 Å². The van der Waals surface area contributed by atoms with E-state index in [0.717, 1.165) is 0 Å². The average molecular weight is 386 g/mol. The summed E-state index contributed by atoms with van der Waals surface area (Å²) < 4.78 is 0. The molecule has 0 aliphatic rings. The summed E-state index contributed by atoms with van der Waals surface area (Å²) in [6, 6.07) is 17.3. The Kier molecular flexibility index (Phi) is 5.80. The minimum absolute atomic E-state index is 0.168. The van der Waals surface area contributed by atoms with Crippen molar-refractivity contribution in [2.24, 2.45) is 0 Å². The van der Waals surface area contributed by atoms with Crippen LogP contribution in [0.25, 0.3) is 0 Å². The first-order valence-corrected chi connectivity index (χ1v) is 8.75. The largest absolute Gasteiger partial charge is 0.326 e. The van der Waals surface area contributed by atoms with E-state index in [2.05, 4.69) is 32.0 Å². The SMILES string of the molecule is CC(=O)Nc1ccc(NC(=O)c2cc(C)nc(Nc3cccc(C#N)c3)n2)cc1. The van der Waals surface area contributed by atoms with Crippen LogP contribution < -0.4 is 16.0 Å². The average Bonchev–Trinajstić information content (AvgIpc) is 2.68. The molecule has 0 atom stereocenters. The number of hydrogen-bond donors (Lipinski definition) is 3. The Morgan fingerprint density at radius 2 is 1.62 bits per heavy atom. The van der Waals surface area contributed by atoms with Crippen LogP contribution in [0.1, 0.15) is 28.7 Å². The molecule has 0 spiro atoms.